The molecule has 0 aliphatic rings. The fraction of sp³-hybridized carbons (Fsp3) is 0.818. The lowest BCUT2D eigenvalue weighted by Crippen LogP contribution is -2.10. The van der Waals surface area contributed by atoms with Gasteiger partial charge in [0.25, 0.3) is 0 Å². The highest BCUT2D eigenvalue weighted by Gasteiger charge is 2.07. The lowest BCUT2D eigenvalue weighted by atomic mass is 10.1. The van der Waals surface area contributed by atoms with Crippen LogP contribution in [0.5, 0.6) is 0 Å². The second-order valence-electron chi connectivity index (χ2n) is 4.09. The molecule has 1 rings (SSSR count). The van der Waals surface area contributed by atoms with E-state index in [0.29, 0.717) is 6.42 Å². The van der Waals surface area contributed by atoms with Crippen LogP contribution < -0.4 is 0 Å². The highest BCUT2D eigenvalue weighted by molar-refractivity contribution is 4.93. The Morgan fingerprint density at radius 3 is 2.80 bits per heavy atom. The standard InChI is InChI=1S/C11H21N3O/c1-3-4-5-6-7-11(15)8-10-9-14(2)13-12-10/h9,11,15H,3-8H2,1-2H3. The number of aliphatic hydroxyl groups excluding tert-OH is 1. The summed E-state index contributed by atoms with van der Waals surface area (Å²) >= 11 is 0. The first kappa shape index (κ1) is 12.2. The minimum atomic E-state index is -0.265. The summed E-state index contributed by atoms with van der Waals surface area (Å²) in [5, 5.41) is 17.5. The summed E-state index contributed by atoms with van der Waals surface area (Å²) in [6.45, 7) is 2.19. The van der Waals surface area contributed by atoms with Crippen LogP contribution in [0.1, 0.15) is 44.7 Å². The van der Waals surface area contributed by atoms with Gasteiger partial charge in [-0.15, -0.1) is 5.10 Å². The zero-order valence-corrected chi connectivity index (χ0v) is 9.69. The largest absolute Gasteiger partial charge is 0.393 e. The van der Waals surface area contributed by atoms with Crippen LogP contribution in [0.3, 0.4) is 0 Å². The summed E-state index contributed by atoms with van der Waals surface area (Å²) in [5.74, 6) is 0. The van der Waals surface area contributed by atoms with Crippen molar-refractivity contribution in [3.8, 4) is 0 Å². The Labute approximate surface area is 91.3 Å². The number of aryl methyl sites for hydroxylation is 1. The average molecular weight is 211 g/mol. The Morgan fingerprint density at radius 1 is 1.40 bits per heavy atom. The number of aromatic nitrogens is 3. The van der Waals surface area contributed by atoms with Gasteiger partial charge < -0.3 is 5.11 Å². The molecule has 0 fully saturated rings. The van der Waals surface area contributed by atoms with Gasteiger partial charge in [-0.1, -0.05) is 37.8 Å². The zero-order chi connectivity index (χ0) is 11.1. The first-order valence-corrected chi connectivity index (χ1v) is 5.75. The number of nitrogens with zero attached hydrogens (tertiary/aromatic N) is 3. The van der Waals surface area contributed by atoms with E-state index in [1.165, 1.54) is 19.3 Å². The molecule has 0 aromatic carbocycles. The van der Waals surface area contributed by atoms with E-state index >= 15 is 0 Å². The molecule has 1 atom stereocenters. The summed E-state index contributed by atoms with van der Waals surface area (Å²) < 4.78 is 1.67. The maximum Gasteiger partial charge on any atom is 0.0852 e. The van der Waals surface area contributed by atoms with Crippen LogP contribution in [0, 0.1) is 0 Å². The number of hydrogen-bond donors (Lipinski definition) is 1. The van der Waals surface area contributed by atoms with Crippen LogP contribution in [0.2, 0.25) is 0 Å². The molecule has 0 radical (unpaired) electrons. The lowest BCUT2D eigenvalue weighted by Gasteiger charge is -2.07. The van der Waals surface area contributed by atoms with Gasteiger partial charge in [-0.25, -0.2) is 0 Å². The molecule has 1 N–H and O–H groups in total. The molecule has 1 unspecified atom stereocenters. The van der Waals surface area contributed by atoms with Gasteiger partial charge in [0.1, 0.15) is 0 Å². The Kier molecular flexibility index (Phi) is 5.32. The van der Waals surface area contributed by atoms with Crippen molar-refractivity contribution in [2.75, 3.05) is 0 Å². The first-order chi connectivity index (χ1) is 7.22. The highest BCUT2D eigenvalue weighted by Crippen LogP contribution is 2.08. The Morgan fingerprint density at radius 2 is 2.20 bits per heavy atom. The topological polar surface area (TPSA) is 50.9 Å². The van der Waals surface area contributed by atoms with E-state index in [9.17, 15) is 5.11 Å². The summed E-state index contributed by atoms with van der Waals surface area (Å²) in [6.07, 6.45) is 7.91. The third-order valence-electron chi connectivity index (χ3n) is 2.49. The summed E-state index contributed by atoms with van der Waals surface area (Å²) in [6, 6.07) is 0. The van der Waals surface area contributed by atoms with Gasteiger partial charge in [0.2, 0.25) is 0 Å². The van der Waals surface area contributed by atoms with E-state index in [4.69, 9.17) is 0 Å². The van der Waals surface area contributed by atoms with Crippen molar-refractivity contribution in [1.29, 1.82) is 0 Å². The molecule has 0 aliphatic heterocycles. The molecule has 15 heavy (non-hydrogen) atoms. The Balaban J connectivity index is 2.15. The highest BCUT2D eigenvalue weighted by atomic mass is 16.3. The van der Waals surface area contributed by atoms with Crippen molar-refractivity contribution < 1.29 is 5.11 Å². The molecular weight excluding hydrogens is 190 g/mol. The first-order valence-electron chi connectivity index (χ1n) is 5.75. The second-order valence-corrected chi connectivity index (χ2v) is 4.09. The van der Waals surface area contributed by atoms with E-state index in [2.05, 4.69) is 17.2 Å². The lowest BCUT2D eigenvalue weighted by molar-refractivity contribution is 0.160. The van der Waals surface area contributed by atoms with Crippen LogP contribution in [0.15, 0.2) is 6.20 Å². The van der Waals surface area contributed by atoms with E-state index in [1.54, 1.807) is 4.68 Å². The van der Waals surface area contributed by atoms with E-state index < -0.39 is 0 Å². The third-order valence-corrected chi connectivity index (χ3v) is 2.49. The van der Waals surface area contributed by atoms with E-state index in [-0.39, 0.29) is 6.10 Å². The molecule has 0 spiro atoms. The molecule has 0 amide bonds. The molecule has 4 heteroatoms. The summed E-state index contributed by atoms with van der Waals surface area (Å²) in [5.41, 5.74) is 0.875. The molecule has 0 saturated carbocycles. The van der Waals surface area contributed by atoms with Crippen LogP contribution in [0.25, 0.3) is 0 Å². The summed E-state index contributed by atoms with van der Waals surface area (Å²) in [4.78, 5) is 0. The van der Waals surface area contributed by atoms with Gasteiger partial charge in [0.15, 0.2) is 0 Å². The molecule has 1 heterocycles. The maximum absolute atomic E-state index is 9.73. The molecule has 4 nitrogen and oxygen atoms in total. The Bertz CT molecular complexity index is 273. The fourth-order valence-corrected chi connectivity index (χ4v) is 1.64. The van der Waals surface area contributed by atoms with Gasteiger partial charge in [0.05, 0.1) is 11.8 Å². The average Bonchev–Trinajstić information content (AvgIpc) is 2.59. The van der Waals surface area contributed by atoms with Crippen molar-refractivity contribution >= 4 is 0 Å². The van der Waals surface area contributed by atoms with Crippen molar-refractivity contribution in [2.24, 2.45) is 7.05 Å². The van der Waals surface area contributed by atoms with Gasteiger partial charge >= 0.3 is 0 Å². The van der Waals surface area contributed by atoms with Crippen molar-refractivity contribution in [3.63, 3.8) is 0 Å². The third kappa shape index (κ3) is 4.93. The van der Waals surface area contributed by atoms with E-state index in [0.717, 1.165) is 18.5 Å². The normalized spacial score (nSPS) is 13.0. The molecule has 0 saturated heterocycles. The number of aliphatic hydroxyl groups is 1. The SMILES string of the molecule is CCCCCCC(O)Cc1cn(C)nn1. The molecule has 0 bridgehead atoms. The van der Waals surface area contributed by atoms with Crippen LogP contribution >= 0.6 is 0 Å². The maximum atomic E-state index is 9.73. The fourth-order valence-electron chi connectivity index (χ4n) is 1.64. The van der Waals surface area contributed by atoms with Crippen molar-refractivity contribution in [1.82, 2.24) is 15.0 Å². The van der Waals surface area contributed by atoms with E-state index in [1.807, 2.05) is 13.2 Å². The number of rotatable bonds is 7. The molecule has 86 valence electrons. The quantitative estimate of drug-likeness (QED) is 0.698. The van der Waals surface area contributed by atoms with Gasteiger partial charge in [-0.3, -0.25) is 4.68 Å². The molecular formula is C11H21N3O. The summed E-state index contributed by atoms with van der Waals surface area (Å²) in [7, 11) is 1.84. The van der Waals surface area contributed by atoms with Crippen LogP contribution in [0.4, 0.5) is 0 Å². The zero-order valence-electron chi connectivity index (χ0n) is 9.69. The smallest absolute Gasteiger partial charge is 0.0852 e. The monoisotopic (exact) mass is 211 g/mol. The predicted octanol–water partition coefficient (Wildman–Crippen LogP) is 1.69. The van der Waals surface area contributed by atoms with Crippen LogP contribution in [-0.4, -0.2) is 26.2 Å². The molecule has 1 aromatic heterocycles. The second kappa shape index (κ2) is 6.56. The molecule has 1 aromatic rings. The Hall–Kier alpha value is -0.900. The van der Waals surface area contributed by atoms with Gasteiger partial charge in [-0.05, 0) is 6.42 Å². The van der Waals surface area contributed by atoms with Crippen LogP contribution in [-0.2, 0) is 13.5 Å². The van der Waals surface area contributed by atoms with Crippen molar-refractivity contribution in [3.05, 3.63) is 11.9 Å². The minimum Gasteiger partial charge on any atom is -0.393 e. The minimum absolute atomic E-state index is 0.265. The molecule has 0 aliphatic carbocycles. The van der Waals surface area contributed by atoms with Crippen molar-refractivity contribution in [2.45, 2.75) is 51.6 Å². The predicted molar refractivity (Wildman–Crippen MR) is 59.5 cm³/mol. The van der Waals surface area contributed by atoms with Gasteiger partial charge in [-0.2, -0.15) is 0 Å². The van der Waals surface area contributed by atoms with Gasteiger partial charge in [0, 0.05) is 19.7 Å². The number of hydrogen-bond acceptors (Lipinski definition) is 3. The number of unbranched alkanes of at least 4 members (excludes halogenated alkanes) is 3.